The lowest BCUT2D eigenvalue weighted by Crippen LogP contribution is -2.31. The molecule has 3 rings (SSSR count). The van der Waals surface area contributed by atoms with Crippen LogP contribution in [0.15, 0.2) is 41.3 Å². The van der Waals surface area contributed by atoms with Gasteiger partial charge in [-0.15, -0.1) is 0 Å². The van der Waals surface area contributed by atoms with Gasteiger partial charge >= 0.3 is 0 Å². The average Bonchev–Trinajstić information content (AvgIpc) is 2.72. The number of hydrogen-bond donors (Lipinski definition) is 0. The number of benzene rings is 2. The van der Waals surface area contributed by atoms with Crippen LogP contribution in [0, 0.1) is 19.7 Å². The van der Waals surface area contributed by atoms with Gasteiger partial charge in [0.25, 0.3) is 0 Å². The van der Waals surface area contributed by atoms with Crippen molar-refractivity contribution in [3.05, 3.63) is 64.5 Å². The van der Waals surface area contributed by atoms with E-state index in [9.17, 15) is 17.6 Å². The molecule has 0 radical (unpaired) electrons. The Morgan fingerprint density at radius 2 is 1.71 bits per heavy atom. The van der Waals surface area contributed by atoms with Crippen molar-refractivity contribution in [2.75, 3.05) is 6.54 Å². The molecule has 0 bridgehead atoms. The zero-order valence-corrected chi connectivity index (χ0v) is 14.4. The van der Waals surface area contributed by atoms with E-state index in [2.05, 4.69) is 0 Å². The van der Waals surface area contributed by atoms with Crippen molar-refractivity contribution < 1.29 is 17.6 Å². The Balaban J connectivity index is 2.06. The molecular formula is C18H18FNO3S. The lowest BCUT2D eigenvalue weighted by Gasteiger charge is -2.21. The lowest BCUT2D eigenvalue weighted by atomic mass is 9.98. The van der Waals surface area contributed by atoms with Crippen molar-refractivity contribution in [3.63, 3.8) is 0 Å². The van der Waals surface area contributed by atoms with Gasteiger partial charge in [0.15, 0.2) is 5.78 Å². The van der Waals surface area contributed by atoms with Gasteiger partial charge in [-0.05, 0) is 43.2 Å². The monoisotopic (exact) mass is 347 g/mol. The van der Waals surface area contributed by atoms with Gasteiger partial charge in [-0.1, -0.05) is 23.8 Å². The topological polar surface area (TPSA) is 54.5 Å². The van der Waals surface area contributed by atoms with E-state index < -0.39 is 15.8 Å². The van der Waals surface area contributed by atoms with E-state index >= 15 is 0 Å². The van der Waals surface area contributed by atoms with E-state index in [0.717, 1.165) is 5.56 Å². The summed E-state index contributed by atoms with van der Waals surface area (Å²) in [7, 11) is -3.74. The van der Waals surface area contributed by atoms with Crippen molar-refractivity contribution in [1.82, 2.24) is 4.31 Å². The van der Waals surface area contributed by atoms with E-state index in [0.29, 0.717) is 11.1 Å². The maximum atomic E-state index is 14.1. The summed E-state index contributed by atoms with van der Waals surface area (Å²) in [4.78, 5) is 12.4. The number of sulfonamides is 1. The summed E-state index contributed by atoms with van der Waals surface area (Å²) in [5.74, 6) is -0.942. The molecule has 0 aromatic heterocycles. The molecule has 0 atom stereocenters. The van der Waals surface area contributed by atoms with Gasteiger partial charge in [0.05, 0.1) is 10.5 Å². The number of hydrogen-bond acceptors (Lipinski definition) is 3. The number of fused-ring (bicyclic) bond motifs is 1. The Kier molecular flexibility index (Phi) is 4.27. The van der Waals surface area contributed by atoms with Crippen molar-refractivity contribution in [2.45, 2.75) is 31.7 Å². The number of halogens is 1. The highest BCUT2D eigenvalue weighted by molar-refractivity contribution is 7.89. The fourth-order valence-electron chi connectivity index (χ4n) is 2.90. The van der Waals surface area contributed by atoms with Crippen LogP contribution in [0.4, 0.5) is 4.39 Å². The summed E-state index contributed by atoms with van der Waals surface area (Å²) >= 11 is 0. The summed E-state index contributed by atoms with van der Waals surface area (Å²) in [6.45, 7) is 3.68. The summed E-state index contributed by atoms with van der Waals surface area (Å²) in [5.41, 5.74) is 2.15. The smallest absolute Gasteiger partial charge is 0.243 e. The Hall–Kier alpha value is -2.05. The van der Waals surface area contributed by atoms with Gasteiger partial charge in [0.1, 0.15) is 5.82 Å². The number of carbonyl (C=O) groups is 1. The predicted octanol–water partition coefficient (Wildman–Crippen LogP) is 3.22. The largest absolute Gasteiger partial charge is 0.294 e. The molecule has 1 aliphatic heterocycles. The molecule has 0 aliphatic carbocycles. The van der Waals surface area contributed by atoms with Gasteiger partial charge in [-0.3, -0.25) is 4.79 Å². The standard InChI is InChI=1S/C18H18FNO3S/c1-12-3-6-14(7-4-12)24(22,23)20-10-9-17(21)18-15(11-20)13(2)5-8-16(18)19/h3-8H,9-11H2,1-2H3. The number of Topliss-reactive ketones (excluding diaryl/α,β-unsaturated/α-hetero) is 1. The molecule has 0 fully saturated rings. The molecule has 24 heavy (non-hydrogen) atoms. The van der Waals surface area contributed by atoms with Crippen LogP contribution in [-0.4, -0.2) is 25.1 Å². The SMILES string of the molecule is Cc1ccc(S(=O)(=O)N2CCC(=O)c3c(F)ccc(C)c3C2)cc1. The van der Waals surface area contributed by atoms with Crippen LogP contribution in [0.25, 0.3) is 0 Å². The first-order valence-corrected chi connectivity index (χ1v) is 9.12. The van der Waals surface area contributed by atoms with Crippen LogP contribution in [0.1, 0.15) is 33.5 Å². The van der Waals surface area contributed by atoms with Crippen molar-refractivity contribution >= 4 is 15.8 Å². The van der Waals surface area contributed by atoms with Crippen LogP contribution in [0.3, 0.4) is 0 Å². The van der Waals surface area contributed by atoms with E-state index in [1.165, 1.54) is 10.4 Å². The Morgan fingerprint density at radius 3 is 2.38 bits per heavy atom. The summed E-state index contributed by atoms with van der Waals surface area (Å²) in [6.07, 6.45) is -0.0293. The number of rotatable bonds is 2. The third-order valence-corrected chi connectivity index (χ3v) is 6.22. The van der Waals surface area contributed by atoms with Crippen LogP contribution < -0.4 is 0 Å². The summed E-state index contributed by atoms with van der Waals surface area (Å²) in [6, 6.07) is 9.40. The van der Waals surface area contributed by atoms with Gasteiger partial charge in [-0.25, -0.2) is 12.8 Å². The molecule has 2 aromatic rings. The number of ketones is 1. The second-order valence-electron chi connectivity index (χ2n) is 6.04. The van der Waals surface area contributed by atoms with Gasteiger partial charge in [0.2, 0.25) is 10.0 Å². The second-order valence-corrected chi connectivity index (χ2v) is 7.98. The van der Waals surface area contributed by atoms with Crippen LogP contribution in [-0.2, 0) is 16.6 Å². The fraction of sp³-hybridized carbons (Fsp3) is 0.278. The fourth-order valence-corrected chi connectivity index (χ4v) is 4.31. The molecule has 0 N–H and O–H groups in total. The third-order valence-electron chi connectivity index (χ3n) is 4.36. The van der Waals surface area contributed by atoms with E-state index in [1.54, 1.807) is 37.3 Å². The molecule has 0 saturated heterocycles. The normalized spacial score (nSPS) is 15.9. The minimum atomic E-state index is -3.74. The molecule has 1 aliphatic rings. The highest BCUT2D eigenvalue weighted by Gasteiger charge is 2.31. The molecule has 4 nitrogen and oxygen atoms in total. The van der Waals surface area contributed by atoms with E-state index in [-0.39, 0.29) is 35.8 Å². The van der Waals surface area contributed by atoms with Gasteiger partial charge in [0, 0.05) is 19.5 Å². The molecular weight excluding hydrogens is 329 g/mol. The summed E-state index contributed by atoms with van der Waals surface area (Å²) in [5, 5.41) is 0. The van der Waals surface area contributed by atoms with E-state index in [4.69, 9.17) is 0 Å². The second kappa shape index (κ2) is 6.11. The van der Waals surface area contributed by atoms with Crippen molar-refractivity contribution in [2.24, 2.45) is 0 Å². The number of nitrogens with zero attached hydrogens (tertiary/aromatic N) is 1. The predicted molar refractivity (Wildman–Crippen MR) is 88.9 cm³/mol. The van der Waals surface area contributed by atoms with Crippen molar-refractivity contribution in [3.8, 4) is 0 Å². The highest BCUT2D eigenvalue weighted by Crippen LogP contribution is 2.28. The molecule has 126 valence electrons. The maximum absolute atomic E-state index is 14.1. The average molecular weight is 347 g/mol. The first-order chi connectivity index (χ1) is 11.3. The zero-order chi connectivity index (χ0) is 17.5. The highest BCUT2D eigenvalue weighted by atomic mass is 32.2. The Labute approximate surface area is 141 Å². The molecule has 0 amide bonds. The van der Waals surface area contributed by atoms with Gasteiger partial charge < -0.3 is 0 Å². The summed E-state index contributed by atoms with van der Waals surface area (Å²) < 4.78 is 41.1. The van der Waals surface area contributed by atoms with Crippen LogP contribution >= 0.6 is 0 Å². The number of carbonyl (C=O) groups excluding carboxylic acids is 1. The Bertz CT molecular complexity index is 905. The first kappa shape index (κ1) is 16.8. The molecule has 0 unspecified atom stereocenters. The minimum absolute atomic E-state index is 0.000869. The zero-order valence-electron chi connectivity index (χ0n) is 13.5. The lowest BCUT2D eigenvalue weighted by molar-refractivity contribution is 0.0977. The molecule has 6 heteroatoms. The first-order valence-electron chi connectivity index (χ1n) is 7.68. The molecule has 2 aromatic carbocycles. The van der Waals surface area contributed by atoms with E-state index in [1.807, 2.05) is 6.92 Å². The van der Waals surface area contributed by atoms with Crippen molar-refractivity contribution in [1.29, 1.82) is 0 Å². The quantitative estimate of drug-likeness (QED) is 0.838. The molecule has 0 saturated carbocycles. The molecule has 0 spiro atoms. The van der Waals surface area contributed by atoms with Crippen LogP contribution in [0.5, 0.6) is 0 Å². The molecule has 1 heterocycles. The Morgan fingerprint density at radius 1 is 1.04 bits per heavy atom. The minimum Gasteiger partial charge on any atom is -0.294 e. The number of aryl methyl sites for hydroxylation is 2. The van der Waals surface area contributed by atoms with Gasteiger partial charge in [-0.2, -0.15) is 4.31 Å². The van der Waals surface area contributed by atoms with Crippen LogP contribution in [0.2, 0.25) is 0 Å². The maximum Gasteiger partial charge on any atom is 0.243 e. The third kappa shape index (κ3) is 2.87.